The lowest BCUT2D eigenvalue weighted by molar-refractivity contribution is 0.0985. The van der Waals surface area contributed by atoms with Crippen molar-refractivity contribution in [2.24, 2.45) is 0 Å². The van der Waals surface area contributed by atoms with E-state index in [0.29, 0.717) is 18.1 Å². The molecule has 148 valence electrons. The van der Waals surface area contributed by atoms with Gasteiger partial charge in [-0.1, -0.05) is 23.7 Å². The van der Waals surface area contributed by atoms with Crippen molar-refractivity contribution in [2.45, 2.75) is 18.9 Å². The number of β-amino-alcohol motifs (C(OH)–C–C–N with tert-alkyl or cyclic N) is 1. The third-order valence-corrected chi connectivity index (χ3v) is 6.98. The van der Waals surface area contributed by atoms with Crippen LogP contribution in [0.3, 0.4) is 0 Å². The molecule has 0 unspecified atom stereocenters. The number of thiophene rings is 1. The molecule has 3 aromatic rings. The number of halogens is 1. The van der Waals surface area contributed by atoms with Gasteiger partial charge in [-0.2, -0.15) is 0 Å². The van der Waals surface area contributed by atoms with Crippen molar-refractivity contribution in [3.8, 4) is 10.4 Å². The summed E-state index contributed by atoms with van der Waals surface area (Å²) in [6, 6.07) is 13.7. The lowest BCUT2D eigenvalue weighted by Crippen LogP contribution is -2.36. The van der Waals surface area contributed by atoms with Gasteiger partial charge in [0.1, 0.15) is 5.82 Å². The zero-order valence-corrected chi connectivity index (χ0v) is 17.3. The molecule has 0 spiro atoms. The van der Waals surface area contributed by atoms with Crippen molar-refractivity contribution in [2.75, 3.05) is 29.4 Å². The smallest absolute Gasteiger partial charge is 0.268 e. The summed E-state index contributed by atoms with van der Waals surface area (Å²) in [5, 5.41) is 10.4. The van der Waals surface area contributed by atoms with Gasteiger partial charge in [0.2, 0.25) is 0 Å². The number of carbonyl (C=O) groups excluding carboxylic acids is 1. The molecule has 1 fully saturated rings. The van der Waals surface area contributed by atoms with Gasteiger partial charge < -0.3 is 14.9 Å². The molecule has 0 radical (unpaired) electrons. The summed E-state index contributed by atoms with van der Waals surface area (Å²) in [6.45, 7) is 2.06. The number of carbonyl (C=O) groups is 1. The van der Waals surface area contributed by atoms with Crippen molar-refractivity contribution in [3.63, 3.8) is 0 Å². The van der Waals surface area contributed by atoms with Gasteiger partial charge in [-0.25, -0.2) is 4.98 Å². The van der Waals surface area contributed by atoms with Crippen LogP contribution in [0.2, 0.25) is 5.02 Å². The molecule has 5 rings (SSSR count). The Kier molecular flexibility index (Phi) is 4.78. The van der Waals surface area contributed by atoms with Crippen LogP contribution >= 0.6 is 22.9 Å². The van der Waals surface area contributed by atoms with Gasteiger partial charge in [0.25, 0.3) is 5.91 Å². The quantitative estimate of drug-likeness (QED) is 0.682. The van der Waals surface area contributed by atoms with Crippen LogP contribution < -0.4 is 9.80 Å². The highest BCUT2D eigenvalue weighted by atomic mass is 35.5. The third-order valence-electron chi connectivity index (χ3n) is 5.51. The fourth-order valence-electron chi connectivity index (χ4n) is 3.93. The van der Waals surface area contributed by atoms with Crippen molar-refractivity contribution in [1.29, 1.82) is 0 Å². The van der Waals surface area contributed by atoms with Gasteiger partial charge in [-0.05, 0) is 54.3 Å². The number of fused-ring (bicyclic) bond motifs is 1. The number of rotatable bonds is 3. The molecule has 0 saturated carbocycles. The molecule has 2 aromatic heterocycles. The topological polar surface area (TPSA) is 56.7 Å². The Labute approximate surface area is 178 Å². The normalized spacial score (nSPS) is 19.0. The summed E-state index contributed by atoms with van der Waals surface area (Å²) >= 11 is 7.53. The van der Waals surface area contributed by atoms with Gasteiger partial charge in [0.15, 0.2) is 0 Å². The second-order valence-electron chi connectivity index (χ2n) is 7.44. The number of aliphatic hydroxyl groups is 1. The fraction of sp³-hybridized carbons (Fsp3) is 0.273. The van der Waals surface area contributed by atoms with E-state index in [-0.39, 0.29) is 12.0 Å². The molecule has 1 aromatic carbocycles. The molecule has 0 bridgehead atoms. The number of nitrogens with zero attached hydrogens (tertiary/aromatic N) is 3. The standard InChI is InChI=1S/C22H20ClN3O2S/c23-16-3-1-14(2-4-16)19-11-15-7-10-26(22(28)21(15)29-19)17-5-6-20(24-12-17)25-9-8-18(27)13-25/h1-6,11-12,18,27H,7-10,13H2/t18-/m0/s1. The highest BCUT2D eigenvalue weighted by Crippen LogP contribution is 2.36. The Bertz CT molecular complexity index is 1050. The van der Waals surface area contributed by atoms with Crippen molar-refractivity contribution < 1.29 is 9.90 Å². The predicted octanol–water partition coefficient (Wildman–Crippen LogP) is 4.24. The summed E-state index contributed by atoms with van der Waals surface area (Å²) in [5.74, 6) is 0.874. The van der Waals surface area contributed by atoms with Crippen LogP contribution in [-0.2, 0) is 6.42 Å². The number of hydrogen-bond donors (Lipinski definition) is 1. The summed E-state index contributed by atoms with van der Waals surface area (Å²) in [7, 11) is 0. The number of anilines is 2. The van der Waals surface area contributed by atoms with Crippen LogP contribution in [0.1, 0.15) is 21.7 Å². The Morgan fingerprint density at radius 1 is 1.14 bits per heavy atom. The van der Waals surface area contributed by atoms with E-state index in [4.69, 9.17) is 11.6 Å². The average Bonchev–Trinajstić information content (AvgIpc) is 3.36. The van der Waals surface area contributed by atoms with Crippen LogP contribution in [0.25, 0.3) is 10.4 Å². The molecule has 1 amide bonds. The van der Waals surface area contributed by atoms with Gasteiger partial charge in [0, 0.05) is 29.5 Å². The molecule has 29 heavy (non-hydrogen) atoms. The molecule has 2 aliphatic rings. The van der Waals surface area contributed by atoms with Crippen LogP contribution in [0.5, 0.6) is 0 Å². The summed E-state index contributed by atoms with van der Waals surface area (Å²) in [4.78, 5) is 23.4. The van der Waals surface area contributed by atoms with Crippen LogP contribution in [0.15, 0.2) is 48.7 Å². The van der Waals surface area contributed by atoms with Gasteiger partial charge in [0.05, 0.1) is 22.9 Å². The number of amides is 1. The first-order valence-electron chi connectivity index (χ1n) is 9.68. The minimum absolute atomic E-state index is 0.0302. The molecule has 7 heteroatoms. The monoisotopic (exact) mass is 425 g/mol. The lowest BCUT2D eigenvalue weighted by atomic mass is 10.1. The number of pyridine rings is 1. The first-order chi connectivity index (χ1) is 14.1. The largest absolute Gasteiger partial charge is 0.391 e. The molecule has 1 saturated heterocycles. The summed E-state index contributed by atoms with van der Waals surface area (Å²) in [6.07, 6.45) is 3.07. The highest BCUT2D eigenvalue weighted by Gasteiger charge is 2.29. The van der Waals surface area contributed by atoms with Crippen LogP contribution in [0, 0.1) is 0 Å². The van der Waals surface area contributed by atoms with Crippen LogP contribution in [0.4, 0.5) is 11.5 Å². The molecule has 2 aliphatic heterocycles. The van der Waals surface area contributed by atoms with Gasteiger partial charge in [-0.3, -0.25) is 4.79 Å². The van der Waals surface area contributed by atoms with Gasteiger partial charge in [-0.15, -0.1) is 11.3 Å². The van der Waals surface area contributed by atoms with E-state index in [2.05, 4.69) is 16.0 Å². The Hall–Kier alpha value is -2.41. The van der Waals surface area contributed by atoms with E-state index in [9.17, 15) is 9.90 Å². The van der Waals surface area contributed by atoms with Crippen LogP contribution in [-0.4, -0.2) is 41.7 Å². The Balaban J connectivity index is 1.38. The minimum Gasteiger partial charge on any atom is -0.391 e. The van der Waals surface area contributed by atoms with E-state index in [1.165, 1.54) is 11.3 Å². The van der Waals surface area contributed by atoms with Crippen molar-refractivity contribution in [1.82, 2.24) is 4.98 Å². The minimum atomic E-state index is -0.285. The number of aliphatic hydroxyl groups excluding tert-OH is 1. The third kappa shape index (κ3) is 3.52. The SMILES string of the molecule is O=C1c2sc(-c3ccc(Cl)cc3)cc2CCN1c1ccc(N2CC[C@H](O)C2)nc1. The van der Waals surface area contributed by atoms with Crippen molar-refractivity contribution in [3.05, 3.63) is 64.1 Å². The number of aromatic nitrogens is 1. The lowest BCUT2D eigenvalue weighted by Gasteiger charge is -2.27. The van der Waals surface area contributed by atoms with E-state index in [1.54, 1.807) is 11.1 Å². The zero-order chi connectivity index (χ0) is 20.0. The maximum absolute atomic E-state index is 13.1. The molecule has 1 N–H and O–H groups in total. The van der Waals surface area contributed by atoms with Gasteiger partial charge >= 0.3 is 0 Å². The summed E-state index contributed by atoms with van der Waals surface area (Å²) < 4.78 is 0. The molecule has 0 aliphatic carbocycles. The van der Waals surface area contributed by atoms with E-state index in [0.717, 1.165) is 51.8 Å². The molecular weight excluding hydrogens is 406 g/mol. The number of hydrogen-bond acceptors (Lipinski definition) is 5. The molecular formula is C22H20ClN3O2S. The van der Waals surface area contributed by atoms with E-state index in [1.807, 2.05) is 36.4 Å². The average molecular weight is 426 g/mol. The fourth-order valence-corrected chi connectivity index (χ4v) is 5.22. The second-order valence-corrected chi connectivity index (χ2v) is 8.93. The molecule has 5 nitrogen and oxygen atoms in total. The maximum atomic E-state index is 13.1. The molecule has 4 heterocycles. The Morgan fingerprint density at radius 3 is 2.66 bits per heavy atom. The van der Waals surface area contributed by atoms with Crippen molar-refractivity contribution >= 4 is 40.4 Å². The van der Waals surface area contributed by atoms with E-state index >= 15 is 0 Å². The second kappa shape index (κ2) is 7.44. The first-order valence-corrected chi connectivity index (χ1v) is 10.9. The predicted molar refractivity (Wildman–Crippen MR) is 117 cm³/mol. The summed E-state index contributed by atoms with van der Waals surface area (Å²) in [5.41, 5.74) is 2.99. The zero-order valence-electron chi connectivity index (χ0n) is 15.7. The maximum Gasteiger partial charge on any atom is 0.268 e. The number of benzene rings is 1. The highest BCUT2D eigenvalue weighted by molar-refractivity contribution is 7.17. The first kappa shape index (κ1) is 18.6. The van der Waals surface area contributed by atoms with E-state index < -0.39 is 0 Å². The molecule has 1 atom stereocenters. The Morgan fingerprint density at radius 2 is 1.97 bits per heavy atom.